The second kappa shape index (κ2) is 7.55. The molecule has 6 nitrogen and oxygen atoms in total. The number of anilines is 1. The lowest BCUT2D eigenvalue weighted by molar-refractivity contribution is 0.215. The van der Waals surface area contributed by atoms with Crippen molar-refractivity contribution in [2.75, 3.05) is 26.0 Å². The minimum absolute atomic E-state index is 0.00641. The van der Waals surface area contributed by atoms with E-state index in [2.05, 4.69) is 62.2 Å². The van der Waals surface area contributed by atoms with E-state index < -0.39 is 0 Å². The number of carbonyl (C=O) groups is 1. The zero-order valence-corrected chi connectivity index (χ0v) is 16.8. The SMILES string of the molecule is Cc1cc(NC(=O)NC(CCN(C)C)C(C)(C)C)n(C(C)(C)C)n1. The van der Waals surface area contributed by atoms with E-state index in [0.717, 1.165) is 24.5 Å². The normalized spacial score (nSPS) is 13.9. The molecule has 0 aromatic carbocycles. The van der Waals surface area contributed by atoms with E-state index in [0.29, 0.717) is 0 Å². The molecule has 0 aliphatic heterocycles. The summed E-state index contributed by atoms with van der Waals surface area (Å²) < 4.78 is 1.85. The van der Waals surface area contributed by atoms with Gasteiger partial charge in [0, 0.05) is 12.1 Å². The van der Waals surface area contributed by atoms with Gasteiger partial charge in [0.2, 0.25) is 0 Å². The first-order valence-electron chi connectivity index (χ1n) is 8.60. The van der Waals surface area contributed by atoms with Gasteiger partial charge in [-0.1, -0.05) is 20.8 Å². The van der Waals surface area contributed by atoms with Crippen LogP contribution < -0.4 is 10.6 Å². The van der Waals surface area contributed by atoms with E-state index in [1.165, 1.54) is 0 Å². The lowest BCUT2D eigenvalue weighted by atomic mass is 9.85. The van der Waals surface area contributed by atoms with Gasteiger partial charge in [0.25, 0.3) is 0 Å². The number of hydrogen-bond acceptors (Lipinski definition) is 3. The predicted molar refractivity (Wildman–Crippen MR) is 101 cm³/mol. The average molecular weight is 338 g/mol. The Labute approximate surface area is 147 Å². The molecule has 0 fully saturated rings. The third-order valence-electron chi connectivity index (χ3n) is 3.92. The molecule has 0 aliphatic carbocycles. The maximum Gasteiger partial charge on any atom is 0.320 e. The second-order valence-corrected chi connectivity index (χ2v) is 8.86. The zero-order chi connectivity index (χ0) is 18.7. The van der Waals surface area contributed by atoms with Crippen LogP contribution in [0.4, 0.5) is 10.6 Å². The van der Waals surface area contributed by atoms with Gasteiger partial charge in [-0.3, -0.25) is 5.32 Å². The van der Waals surface area contributed by atoms with Crippen molar-refractivity contribution in [2.45, 2.75) is 66.5 Å². The van der Waals surface area contributed by atoms with Gasteiger partial charge >= 0.3 is 6.03 Å². The van der Waals surface area contributed by atoms with Gasteiger partial charge in [0.15, 0.2) is 0 Å². The molecule has 138 valence electrons. The van der Waals surface area contributed by atoms with Gasteiger partial charge in [-0.15, -0.1) is 0 Å². The van der Waals surface area contributed by atoms with Crippen LogP contribution in [0.1, 0.15) is 53.7 Å². The van der Waals surface area contributed by atoms with Crippen LogP contribution in [-0.4, -0.2) is 47.4 Å². The van der Waals surface area contributed by atoms with Crippen LogP contribution in [0.5, 0.6) is 0 Å². The summed E-state index contributed by atoms with van der Waals surface area (Å²) in [7, 11) is 4.09. The smallest absolute Gasteiger partial charge is 0.320 e. The van der Waals surface area contributed by atoms with Crippen molar-refractivity contribution in [3.63, 3.8) is 0 Å². The maximum atomic E-state index is 12.5. The summed E-state index contributed by atoms with van der Waals surface area (Å²) in [5, 5.41) is 10.6. The Morgan fingerprint density at radius 2 is 1.83 bits per heavy atom. The summed E-state index contributed by atoms with van der Waals surface area (Å²) >= 11 is 0. The van der Waals surface area contributed by atoms with Crippen molar-refractivity contribution < 1.29 is 4.79 Å². The molecule has 1 aromatic rings. The molecule has 0 radical (unpaired) electrons. The first kappa shape index (κ1) is 20.5. The van der Waals surface area contributed by atoms with Crippen molar-refractivity contribution in [1.82, 2.24) is 20.0 Å². The van der Waals surface area contributed by atoms with E-state index in [-0.39, 0.29) is 23.0 Å². The number of aryl methyl sites for hydroxylation is 1. The van der Waals surface area contributed by atoms with Crippen molar-refractivity contribution in [1.29, 1.82) is 0 Å². The predicted octanol–water partition coefficient (Wildman–Crippen LogP) is 3.43. The second-order valence-electron chi connectivity index (χ2n) is 8.86. The fraction of sp³-hybridized carbons (Fsp3) is 0.778. The van der Waals surface area contributed by atoms with Gasteiger partial charge in [0.1, 0.15) is 5.82 Å². The fourth-order valence-corrected chi connectivity index (χ4v) is 2.52. The first-order chi connectivity index (χ1) is 10.8. The van der Waals surface area contributed by atoms with Gasteiger partial charge in [-0.2, -0.15) is 5.10 Å². The van der Waals surface area contributed by atoms with E-state index in [1.54, 1.807) is 0 Å². The van der Waals surface area contributed by atoms with Crippen molar-refractivity contribution in [2.24, 2.45) is 5.41 Å². The highest BCUT2D eigenvalue weighted by molar-refractivity contribution is 5.88. The van der Waals surface area contributed by atoms with Crippen molar-refractivity contribution in [3.8, 4) is 0 Å². The lowest BCUT2D eigenvalue weighted by Gasteiger charge is -2.32. The van der Waals surface area contributed by atoms with E-state index >= 15 is 0 Å². The lowest BCUT2D eigenvalue weighted by Crippen LogP contribution is -2.47. The van der Waals surface area contributed by atoms with E-state index in [4.69, 9.17) is 0 Å². The van der Waals surface area contributed by atoms with Crippen LogP contribution in [-0.2, 0) is 5.54 Å². The molecule has 0 spiro atoms. The van der Waals surface area contributed by atoms with Gasteiger partial charge < -0.3 is 10.2 Å². The molecular formula is C18H35N5O. The van der Waals surface area contributed by atoms with E-state index in [9.17, 15) is 4.79 Å². The molecule has 0 bridgehead atoms. The summed E-state index contributed by atoms with van der Waals surface area (Å²) in [4.78, 5) is 14.7. The number of urea groups is 1. The van der Waals surface area contributed by atoms with Crippen LogP contribution in [0.2, 0.25) is 0 Å². The number of nitrogens with one attached hydrogen (secondary N) is 2. The monoisotopic (exact) mass is 337 g/mol. The molecule has 1 heterocycles. The number of aromatic nitrogens is 2. The summed E-state index contributed by atoms with van der Waals surface area (Å²) in [6.45, 7) is 15.5. The first-order valence-corrected chi connectivity index (χ1v) is 8.60. The van der Waals surface area contributed by atoms with Crippen LogP contribution in [0, 0.1) is 12.3 Å². The Morgan fingerprint density at radius 3 is 2.29 bits per heavy atom. The fourth-order valence-electron chi connectivity index (χ4n) is 2.52. The number of hydrogen-bond donors (Lipinski definition) is 2. The molecule has 1 atom stereocenters. The number of carbonyl (C=O) groups excluding carboxylic acids is 1. The molecule has 1 rings (SSSR count). The molecule has 1 aromatic heterocycles. The zero-order valence-electron chi connectivity index (χ0n) is 16.8. The highest BCUT2D eigenvalue weighted by Gasteiger charge is 2.27. The van der Waals surface area contributed by atoms with Crippen LogP contribution >= 0.6 is 0 Å². The van der Waals surface area contributed by atoms with Crippen LogP contribution in [0.3, 0.4) is 0 Å². The third kappa shape index (κ3) is 6.15. The molecule has 1 unspecified atom stereocenters. The highest BCUT2D eigenvalue weighted by atomic mass is 16.2. The Bertz CT molecular complexity index is 549. The van der Waals surface area contributed by atoms with E-state index in [1.807, 2.05) is 31.8 Å². The van der Waals surface area contributed by atoms with Gasteiger partial charge in [-0.05, 0) is 60.2 Å². The molecule has 24 heavy (non-hydrogen) atoms. The topological polar surface area (TPSA) is 62.2 Å². The molecule has 0 saturated carbocycles. The average Bonchev–Trinajstić information content (AvgIpc) is 2.73. The largest absolute Gasteiger partial charge is 0.335 e. The van der Waals surface area contributed by atoms with Gasteiger partial charge in [0.05, 0.1) is 11.2 Å². The van der Waals surface area contributed by atoms with Crippen molar-refractivity contribution in [3.05, 3.63) is 11.8 Å². The minimum atomic E-state index is -0.189. The minimum Gasteiger partial charge on any atom is -0.335 e. The molecule has 2 amide bonds. The van der Waals surface area contributed by atoms with Crippen LogP contribution in [0.25, 0.3) is 0 Å². The Morgan fingerprint density at radius 1 is 1.25 bits per heavy atom. The van der Waals surface area contributed by atoms with Crippen molar-refractivity contribution >= 4 is 11.8 Å². The summed E-state index contributed by atoms with van der Waals surface area (Å²) in [6.07, 6.45) is 0.904. The number of amides is 2. The Kier molecular flexibility index (Phi) is 6.45. The van der Waals surface area contributed by atoms with Gasteiger partial charge in [-0.25, -0.2) is 9.48 Å². The quantitative estimate of drug-likeness (QED) is 0.865. The standard InChI is InChI=1S/C18H35N5O/c1-13-12-15(23(21-13)18(5,6)7)20-16(24)19-14(17(2,3)4)10-11-22(8)9/h12,14H,10-11H2,1-9H3,(H2,19,20,24). The molecule has 2 N–H and O–H groups in total. The van der Waals surface area contributed by atoms with Crippen LogP contribution in [0.15, 0.2) is 6.07 Å². The molecule has 0 saturated heterocycles. The third-order valence-corrected chi connectivity index (χ3v) is 3.92. The Balaban J connectivity index is 2.83. The Hall–Kier alpha value is -1.56. The summed E-state index contributed by atoms with van der Waals surface area (Å²) in [5.41, 5.74) is 0.693. The number of rotatable bonds is 5. The number of nitrogens with zero attached hydrogens (tertiary/aromatic N) is 3. The molecule has 6 heteroatoms. The maximum absolute atomic E-state index is 12.5. The highest BCUT2D eigenvalue weighted by Crippen LogP contribution is 2.23. The molecule has 0 aliphatic rings. The molecular weight excluding hydrogens is 302 g/mol. The summed E-state index contributed by atoms with van der Waals surface area (Å²) in [6, 6.07) is 1.81. The summed E-state index contributed by atoms with van der Waals surface area (Å²) in [5.74, 6) is 0.720.